The molecule has 0 aliphatic carbocycles. The number of nitrogens with zero attached hydrogens (tertiary/aromatic N) is 3. The second-order valence-electron chi connectivity index (χ2n) is 4.01. The van der Waals surface area contributed by atoms with Crippen molar-refractivity contribution < 1.29 is 22.7 Å². The standard InChI is InChI=1S/C11H10F3N3O2/c1-6-3-7(10(18)19-5-11(12,13)14)8-4-15-17(2)9(8)16-6/h3-4H,5H2,1-2H3. The zero-order chi connectivity index (χ0) is 14.2. The van der Waals surface area contributed by atoms with Crippen molar-refractivity contribution in [3.8, 4) is 0 Å². The van der Waals surface area contributed by atoms with Gasteiger partial charge in [0, 0.05) is 12.7 Å². The van der Waals surface area contributed by atoms with Crippen molar-refractivity contribution in [3.63, 3.8) is 0 Å². The number of hydrogen-bond acceptors (Lipinski definition) is 4. The Balaban J connectivity index is 2.36. The smallest absolute Gasteiger partial charge is 0.422 e. The van der Waals surface area contributed by atoms with Crippen LogP contribution in [0, 0.1) is 6.92 Å². The molecule has 2 heterocycles. The molecule has 0 radical (unpaired) electrons. The average molecular weight is 273 g/mol. The van der Waals surface area contributed by atoms with Gasteiger partial charge in [-0.15, -0.1) is 0 Å². The van der Waals surface area contributed by atoms with Crippen molar-refractivity contribution in [2.75, 3.05) is 6.61 Å². The van der Waals surface area contributed by atoms with Gasteiger partial charge in [-0.2, -0.15) is 18.3 Å². The summed E-state index contributed by atoms with van der Waals surface area (Å²) < 4.78 is 41.7. The molecule has 5 nitrogen and oxygen atoms in total. The van der Waals surface area contributed by atoms with Crippen molar-refractivity contribution >= 4 is 17.0 Å². The topological polar surface area (TPSA) is 57.0 Å². The van der Waals surface area contributed by atoms with Gasteiger partial charge in [-0.1, -0.05) is 0 Å². The van der Waals surface area contributed by atoms with Crippen molar-refractivity contribution in [2.45, 2.75) is 13.1 Å². The highest BCUT2D eigenvalue weighted by atomic mass is 19.4. The molecule has 102 valence electrons. The van der Waals surface area contributed by atoms with E-state index >= 15 is 0 Å². The van der Waals surface area contributed by atoms with Gasteiger partial charge in [0.2, 0.25) is 0 Å². The Morgan fingerprint density at radius 2 is 2.16 bits per heavy atom. The third-order valence-corrected chi connectivity index (χ3v) is 2.42. The minimum Gasteiger partial charge on any atom is -0.452 e. The first-order valence-corrected chi connectivity index (χ1v) is 5.31. The van der Waals surface area contributed by atoms with Crippen LogP contribution < -0.4 is 0 Å². The van der Waals surface area contributed by atoms with E-state index in [-0.39, 0.29) is 5.56 Å². The number of carbonyl (C=O) groups is 1. The molecule has 0 atom stereocenters. The number of halogens is 3. The molecule has 2 aromatic rings. The number of fused-ring (bicyclic) bond motifs is 1. The SMILES string of the molecule is Cc1cc(C(=O)OCC(F)(F)F)c2cnn(C)c2n1. The second-order valence-corrected chi connectivity index (χ2v) is 4.01. The lowest BCUT2D eigenvalue weighted by Crippen LogP contribution is -2.20. The molecule has 0 amide bonds. The van der Waals surface area contributed by atoms with E-state index in [1.807, 2.05) is 0 Å². The Bertz CT molecular complexity index is 634. The quantitative estimate of drug-likeness (QED) is 0.785. The number of hydrogen-bond donors (Lipinski definition) is 0. The molecular weight excluding hydrogens is 263 g/mol. The molecule has 2 rings (SSSR count). The van der Waals surface area contributed by atoms with Crippen molar-refractivity contribution in [2.24, 2.45) is 7.05 Å². The highest BCUT2D eigenvalue weighted by Crippen LogP contribution is 2.20. The van der Waals surface area contributed by atoms with Crippen LogP contribution in [0.3, 0.4) is 0 Å². The first kappa shape index (κ1) is 13.3. The maximum absolute atomic E-state index is 12.0. The Morgan fingerprint density at radius 1 is 1.47 bits per heavy atom. The Kier molecular flexibility index (Phi) is 3.17. The van der Waals surface area contributed by atoms with Crippen molar-refractivity contribution in [3.05, 3.63) is 23.5 Å². The van der Waals surface area contributed by atoms with E-state index < -0.39 is 18.8 Å². The fourth-order valence-corrected chi connectivity index (χ4v) is 1.63. The van der Waals surface area contributed by atoms with Gasteiger partial charge in [0.05, 0.1) is 17.1 Å². The van der Waals surface area contributed by atoms with Crippen molar-refractivity contribution in [1.82, 2.24) is 14.8 Å². The van der Waals surface area contributed by atoms with Gasteiger partial charge in [-0.05, 0) is 13.0 Å². The zero-order valence-electron chi connectivity index (χ0n) is 10.2. The van der Waals surface area contributed by atoms with E-state index in [1.165, 1.54) is 16.9 Å². The minimum atomic E-state index is -4.55. The number of ether oxygens (including phenoxy) is 1. The number of rotatable bonds is 2. The molecule has 0 aromatic carbocycles. The van der Waals surface area contributed by atoms with Gasteiger partial charge in [0.25, 0.3) is 0 Å². The Labute approximate surface area is 106 Å². The lowest BCUT2D eigenvalue weighted by Gasteiger charge is -2.08. The fourth-order valence-electron chi connectivity index (χ4n) is 1.63. The lowest BCUT2D eigenvalue weighted by molar-refractivity contribution is -0.161. The van der Waals surface area contributed by atoms with Gasteiger partial charge in [0.15, 0.2) is 12.3 Å². The molecule has 0 aliphatic heterocycles. The summed E-state index contributed by atoms with van der Waals surface area (Å²) in [4.78, 5) is 15.8. The summed E-state index contributed by atoms with van der Waals surface area (Å²) in [7, 11) is 1.62. The Morgan fingerprint density at radius 3 is 2.79 bits per heavy atom. The summed E-state index contributed by atoms with van der Waals surface area (Å²) in [5.41, 5.74) is 0.939. The van der Waals surface area contributed by atoms with Crippen LogP contribution in [0.5, 0.6) is 0 Å². The number of pyridine rings is 1. The van der Waals surface area contributed by atoms with Gasteiger partial charge < -0.3 is 4.74 Å². The predicted molar refractivity (Wildman–Crippen MR) is 59.6 cm³/mol. The van der Waals surface area contributed by atoms with Crippen LogP contribution in [-0.4, -0.2) is 33.5 Å². The molecule has 0 unspecified atom stereocenters. The predicted octanol–water partition coefficient (Wildman–Crippen LogP) is 2.00. The number of carbonyl (C=O) groups excluding carboxylic acids is 1. The molecular formula is C11H10F3N3O2. The summed E-state index contributed by atoms with van der Waals surface area (Å²) >= 11 is 0. The van der Waals surface area contributed by atoms with Crippen LogP contribution in [0.4, 0.5) is 13.2 Å². The van der Waals surface area contributed by atoms with Gasteiger partial charge in [-0.3, -0.25) is 4.68 Å². The normalized spacial score (nSPS) is 11.8. The average Bonchev–Trinajstić information content (AvgIpc) is 2.66. The molecule has 0 saturated carbocycles. The van der Waals surface area contributed by atoms with E-state index in [0.29, 0.717) is 16.7 Å². The summed E-state index contributed by atoms with van der Waals surface area (Å²) in [5.74, 6) is -1.04. The molecule has 8 heteroatoms. The van der Waals surface area contributed by atoms with Crippen LogP contribution in [0.2, 0.25) is 0 Å². The summed E-state index contributed by atoms with van der Waals surface area (Å²) in [6.07, 6.45) is -3.18. The van der Waals surface area contributed by atoms with E-state index in [0.717, 1.165) is 0 Å². The number of alkyl halides is 3. The summed E-state index contributed by atoms with van der Waals surface area (Å²) in [5, 5.41) is 4.27. The number of aromatic nitrogens is 3. The summed E-state index contributed by atoms with van der Waals surface area (Å²) in [6, 6.07) is 1.38. The molecule has 0 spiro atoms. The highest BCUT2D eigenvalue weighted by molar-refractivity contribution is 6.02. The van der Waals surface area contributed by atoms with Crippen molar-refractivity contribution in [1.29, 1.82) is 0 Å². The molecule has 19 heavy (non-hydrogen) atoms. The van der Waals surface area contributed by atoms with Gasteiger partial charge >= 0.3 is 12.1 Å². The molecule has 0 N–H and O–H groups in total. The first-order valence-electron chi connectivity index (χ1n) is 5.31. The number of aryl methyl sites for hydroxylation is 2. The van der Waals surface area contributed by atoms with Gasteiger partial charge in [0.1, 0.15) is 0 Å². The summed E-state index contributed by atoms with van der Waals surface area (Å²) in [6.45, 7) is 0.0158. The van der Waals surface area contributed by atoms with Crippen LogP contribution in [0.25, 0.3) is 11.0 Å². The second kappa shape index (κ2) is 4.52. The van der Waals surface area contributed by atoms with Gasteiger partial charge in [-0.25, -0.2) is 9.78 Å². The van der Waals surface area contributed by atoms with E-state index in [1.54, 1.807) is 14.0 Å². The molecule has 0 fully saturated rings. The molecule has 0 saturated heterocycles. The highest BCUT2D eigenvalue weighted by Gasteiger charge is 2.30. The largest absolute Gasteiger partial charge is 0.452 e. The van der Waals surface area contributed by atoms with Crippen LogP contribution in [0.1, 0.15) is 16.1 Å². The van der Waals surface area contributed by atoms with E-state index in [2.05, 4.69) is 14.8 Å². The number of esters is 1. The fraction of sp³-hybridized carbons (Fsp3) is 0.364. The van der Waals surface area contributed by atoms with E-state index in [9.17, 15) is 18.0 Å². The first-order chi connectivity index (χ1) is 8.78. The molecule has 0 aliphatic rings. The zero-order valence-corrected chi connectivity index (χ0v) is 10.2. The molecule has 2 aromatic heterocycles. The van der Waals surface area contributed by atoms with E-state index in [4.69, 9.17) is 0 Å². The third kappa shape index (κ3) is 2.83. The van der Waals surface area contributed by atoms with Crippen LogP contribution >= 0.6 is 0 Å². The molecule has 0 bridgehead atoms. The van der Waals surface area contributed by atoms with Crippen LogP contribution in [-0.2, 0) is 11.8 Å². The maximum Gasteiger partial charge on any atom is 0.422 e. The lowest BCUT2D eigenvalue weighted by atomic mass is 10.1. The minimum absolute atomic E-state index is 0.0276. The maximum atomic E-state index is 12.0. The Hall–Kier alpha value is -2.12. The van der Waals surface area contributed by atoms with Crippen LogP contribution in [0.15, 0.2) is 12.3 Å². The monoisotopic (exact) mass is 273 g/mol. The third-order valence-electron chi connectivity index (χ3n) is 2.42.